The molecule has 4 nitrogen and oxygen atoms in total. The molecule has 2 N–H and O–H groups in total. The van der Waals surface area contributed by atoms with Crippen LogP contribution in [0.4, 0.5) is 0 Å². The van der Waals surface area contributed by atoms with Crippen LogP contribution >= 0.6 is 0 Å². The Morgan fingerprint density at radius 2 is 2.14 bits per heavy atom. The topological polar surface area (TPSA) is 45.7 Å². The van der Waals surface area contributed by atoms with Gasteiger partial charge in [-0.1, -0.05) is 35.4 Å². The molecule has 0 aliphatic carbocycles. The van der Waals surface area contributed by atoms with Crippen LogP contribution in [0.2, 0.25) is 0 Å². The number of guanidine groups is 1. The van der Waals surface area contributed by atoms with Crippen molar-refractivity contribution >= 4 is 5.96 Å². The first-order valence-corrected chi connectivity index (χ1v) is 7.95. The quantitative estimate of drug-likeness (QED) is 0.499. The molecular weight excluding hydrogens is 274 g/mol. The number of nitrogens with zero attached hydrogens (tertiary/aromatic N) is 1. The Hall–Kier alpha value is -1.81. The van der Waals surface area contributed by atoms with E-state index in [0.717, 1.165) is 45.1 Å². The molecule has 0 amide bonds. The molecule has 22 heavy (non-hydrogen) atoms. The smallest absolute Gasteiger partial charge is 0.191 e. The van der Waals surface area contributed by atoms with Crippen molar-refractivity contribution in [2.45, 2.75) is 33.2 Å². The summed E-state index contributed by atoms with van der Waals surface area (Å²) in [5, 5.41) is 6.75. The van der Waals surface area contributed by atoms with Gasteiger partial charge in [-0.3, -0.25) is 4.99 Å². The van der Waals surface area contributed by atoms with Crippen molar-refractivity contribution in [1.29, 1.82) is 0 Å². The number of benzene rings is 1. The minimum atomic E-state index is 0.759. The molecule has 0 aromatic heterocycles. The van der Waals surface area contributed by atoms with E-state index >= 15 is 0 Å². The third kappa shape index (κ3) is 5.19. The molecule has 0 bridgehead atoms. The van der Waals surface area contributed by atoms with E-state index in [1.165, 1.54) is 22.3 Å². The second-order valence-electron chi connectivity index (χ2n) is 5.72. The van der Waals surface area contributed by atoms with E-state index in [0.29, 0.717) is 0 Å². The van der Waals surface area contributed by atoms with Crippen LogP contribution in [0.1, 0.15) is 29.5 Å². The zero-order valence-corrected chi connectivity index (χ0v) is 13.9. The van der Waals surface area contributed by atoms with Gasteiger partial charge in [-0.2, -0.15) is 0 Å². The molecule has 1 aliphatic heterocycles. The lowest BCUT2D eigenvalue weighted by Crippen LogP contribution is -2.37. The average Bonchev–Trinajstić information content (AvgIpc) is 2.53. The van der Waals surface area contributed by atoms with Gasteiger partial charge in [0.05, 0.1) is 13.2 Å². The lowest BCUT2D eigenvalue weighted by atomic mass is 10.1. The maximum absolute atomic E-state index is 5.32. The summed E-state index contributed by atoms with van der Waals surface area (Å²) in [5.41, 5.74) is 5.40. The number of aliphatic imine (C=N–C) groups is 1. The SMILES string of the molecule is CN=C(NCCC1=CCOCC1)NCc1ccc(C)cc1C. The van der Waals surface area contributed by atoms with E-state index in [1.807, 2.05) is 7.05 Å². The van der Waals surface area contributed by atoms with E-state index in [2.05, 4.69) is 53.7 Å². The Kier molecular flexibility index (Phi) is 6.46. The first-order valence-electron chi connectivity index (χ1n) is 7.95. The molecule has 1 aromatic rings. The van der Waals surface area contributed by atoms with E-state index in [-0.39, 0.29) is 0 Å². The van der Waals surface area contributed by atoms with E-state index < -0.39 is 0 Å². The summed E-state index contributed by atoms with van der Waals surface area (Å²) in [7, 11) is 1.81. The van der Waals surface area contributed by atoms with Gasteiger partial charge in [-0.25, -0.2) is 0 Å². The molecule has 0 spiro atoms. The average molecular weight is 301 g/mol. The zero-order chi connectivity index (χ0) is 15.8. The van der Waals surface area contributed by atoms with Crippen LogP contribution in [0.25, 0.3) is 0 Å². The van der Waals surface area contributed by atoms with E-state index in [4.69, 9.17) is 4.74 Å². The monoisotopic (exact) mass is 301 g/mol. The third-order valence-corrected chi connectivity index (χ3v) is 3.96. The Morgan fingerprint density at radius 3 is 2.82 bits per heavy atom. The van der Waals surface area contributed by atoms with Crippen molar-refractivity contribution in [2.75, 3.05) is 26.8 Å². The van der Waals surface area contributed by atoms with Crippen LogP contribution in [0.5, 0.6) is 0 Å². The van der Waals surface area contributed by atoms with Crippen molar-refractivity contribution in [3.05, 3.63) is 46.5 Å². The Bertz CT molecular complexity index is 549. The molecule has 0 fully saturated rings. The summed E-state index contributed by atoms with van der Waals surface area (Å²) in [5.74, 6) is 0.854. The summed E-state index contributed by atoms with van der Waals surface area (Å²) >= 11 is 0. The molecule has 2 rings (SSSR count). The van der Waals surface area contributed by atoms with Crippen LogP contribution in [0, 0.1) is 13.8 Å². The molecule has 1 aliphatic rings. The molecule has 120 valence electrons. The lowest BCUT2D eigenvalue weighted by Gasteiger charge is -2.16. The maximum Gasteiger partial charge on any atom is 0.191 e. The van der Waals surface area contributed by atoms with E-state index in [1.54, 1.807) is 0 Å². The summed E-state index contributed by atoms with van der Waals surface area (Å²) in [4.78, 5) is 4.28. The molecular formula is C18H27N3O. The lowest BCUT2D eigenvalue weighted by molar-refractivity contribution is 0.153. The first-order chi connectivity index (χ1) is 10.7. The first kappa shape index (κ1) is 16.6. The third-order valence-electron chi connectivity index (χ3n) is 3.96. The second-order valence-corrected chi connectivity index (χ2v) is 5.72. The molecule has 0 saturated heterocycles. The van der Waals surface area contributed by atoms with E-state index in [9.17, 15) is 0 Å². The van der Waals surface area contributed by atoms with Crippen molar-refractivity contribution in [3.8, 4) is 0 Å². The van der Waals surface area contributed by atoms with Gasteiger partial charge in [0, 0.05) is 20.1 Å². The maximum atomic E-state index is 5.32. The fraction of sp³-hybridized carbons (Fsp3) is 0.500. The Morgan fingerprint density at radius 1 is 1.27 bits per heavy atom. The summed E-state index contributed by atoms with van der Waals surface area (Å²) in [6.45, 7) is 7.58. The molecule has 4 heteroatoms. The van der Waals surface area contributed by atoms with Crippen LogP contribution in [-0.2, 0) is 11.3 Å². The van der Waals surface area contributed by atoms with Crippen LogP contribution in [0.3, 0.4) is 0 Å². The fourth-order valence-electron chi connectivity index (χ4n) is 2.58. The highest BCUT2D eigenvalue weighted by atomic mass is 16.5. The minimum Gasteiger partial charge on any atom is -0.377 e. The summed E-state index contributed by atoms with van der Waals surface area (Å²) < 4.78 is 5.32. The summed E-state index contributed by atoms with van der Waals surface area (Å²) in [6, 6.07) is 6.54. The Labute approximate surface area is 133 Å². The predicted octanol–water partition coefficient (Wildman–Crippen LogP) is 2.71. The summed E-state index contributed by atoms with van der Waals surface area (Å²) in [6.07, 6.45) is 4.29. The van der Waals surface area contributed by atoms with Gasteiger partial charge in [0.25, 0.3) is 0 Å². The normalized spacial score (nSPS) is 15.4. The number of rotatable bonds is 5. The van der Waals surface area contributed by atoms with Crippen molar-refractivity contribution < 1.29 is 4.74 Å². The molecule has 1 aromatic carbocycles. The van der Waals surface area contributed by atoms with Crippen molar-refractivity contribution in [2.24, 2.45) is 4.99 Å². The van der Waals surface area contributed by atoms with Crippen LogP contribution in [0.15, 0.2) is 34.8 Å². The molecule has 1 heterocycles. The fourth-order valence-corrected chi connectivity index (χ4v) is 2.58. The molecule has 0 radical (unpaired) electrons. The van der Waals surface area contributed by atoms with Crippen LogP contribution < -0.4 is 10.6 Å². The minimum absolute atomic E-state index is 0.759. The van der Waals surface area contributed by atoms with Crippen LogP contribution in [-0.4, -0.2) is 32.8 Å². The van der Waals surface area contributed by atoms with Gasteiger partial charge in [-0.15, -0.1) is 0 Å². The number of ether oxygens (including phenoxy) is 1. The molecule has 0 saturated carbocycles. The van der Waals surface area contributed by atoms with Crippen molar-refractivity contribution in [1.82, 2.24) is 10.6 Å². The van der Waals surface area contributed by atoms with Gasteiger partial charge >= 0.3 is 0 Å². The van der Waals surface area contributed by atoms with Gasteiger partial charge < -0.3 is 15.4 Å². The van der Waals surface area contributed by atoms with Crippen molar-refractivity contribution in [3.63, 3.8) is 0 Å². The zero-order valence-electron chi connectivity index (χ0n) is 13.9. The van der Waals surface area contributed by atoms with Gasteiger partial charge in [0.2, 0.25) is 0 Å². The molecule has 0 atom stereocenters. The standard InChI is InChI=1S/C18H27N3O/c1-14-4-5-17(15(2)12-14)13-21-18(19-3)20-9-6-16-7-10-22-11-8-16/h4-5,7,12H,6,8-11,13H2,1-3H3,(H2,19,20,21). The van der Waals surface area contributed by atoms with Gasteiger partial charge in [-0.05, 0) is 37.8 Å². The van der Waals surface area contributed by atoms with Gasteiger partial charge in [0.1, 0.15) is 0 Å². The number of hydrogen-bond donors (Lipinski definition) is 2. The molecule has 0 unspecified atom stereocenters. The number of hydrogen-bond acceptors (Lipinski definition) is 2. The highest BCUT2D eigenvalue weighted by Gasteiger charge is 2.05. The Balaban J connectivity index is 1.76. The number of nitrogens with one attached hydrogen (secondary N) is 2. The highest BCUT2D eigenvalue weighted by molar-refractivity contribution is 5.79. The predicted molar refractivity (Wildman–Crippen MR) is 92.3 cm³/mol. The van der Waals surface area contributed by atoms with Gasteiger partial charge in [0.15, 0.2) is 5.96 Å². The largest absolute Gasteiger partial charge is 0.377 e. The second kappa shape index (κ2) is 8.59. The number of aryl methyl sites for hydroxylation is 2. The highest BCUT2D eigenvalue weighted by Crippen LogP contribution is 2.11.